The monoisotopic (exact) mass is 372 g/mol. The Morgan fingerprint density at radius 2 is 2.04 bits per heavy atom. The smallest absolute Gasteiger partial charge is 0.343 e. The van der Waals surface area contributed by atoms with Crippen LogP contribution < -0.4 is 9.46 Å². The van der Waals surface area contributed by atoms with Gasteiger partial charge in [-0.2, -0.15) is 0 Å². The molecule has 1 aliphatic heterocycles. The van der Waals surface area contributed by atoms with Crippen LogP contribution in [0.15, 0.2) is 23.1 Å². The Hall–Kier alpha value is -1.68. The van der Waals surface area contributed by atoms with Gasteiger partial charge in [0.25, 0.3) is 0 Å². The number of ether oxygens (including phenoxy) is 3. The molecule has 1 aliphatic rings. The van der Waals surface area contributed by atoms with Gasteiger partial charge in [0.2, 0.25) is 10.0 Å². The lowest BCUT2D eigenvalue weighted by atomic mass is 10.2. The van der Waals surface area contributed by atoms with Crippen molar-refractivity contribution in [2.45, 2.75) is 11.8 Å². The number of nitrogens with zero attached hydrogens (tertiary/aromatic N) is 1. The van der Waals surface area contributed by atoms with Crippen LogP contribution in [-0.2, 0) is 24.3 Å². The molecule has 0 atom stereocenters. The van der Waals surface area contributed by atoms with E-state index in [1.165, 1.54) is 25.3 Å². The highest BCUT2D eigenvalue weighted by atomic mass is 32.2. The summed E-state index contributed by atoms with van der Waals surface area (Å²) >= 11 is 0. The maximum Gasteiger partial charge on any atom is 0.343 e. The third kappa shape index (κ3) is 5.96. The van der Waals surface area contributed by atoms with E-state index in [2.05, 4.69) is 14.4 Å². The lowest BCUT2D eigenvalue weighted by molar-refractivity contribution is -0.142. The van der Waals surface area contributed by atoms with Gasteiger partial charge in [0.1, 0.15) is 5.75 Å². The summed E-state index contributed by atoms with van der Waals surface area (Å²) in [6, 6.07) is 4.51. The van der Waals surface area contributed by atoms with Crippen LogP contribution >= 0.6 is 0 Å². The number of methoxy groups -OCH3 is 1. The van der Waals surface area contributed by atoms with Crippen LogP contribution in [0.3, 0.4) is 0 Å². The van der Waals surface area contributed by atoms with E-state index in [-0.39, 0.29) is 11.5 Å². The predicted octanol–water partition coefficient (Wildman–Crippen LogP) is 0.157. The van der Waals surface area contributed by atoms with Gasteiger partial charge in [0, 0.05) is 26.2 Å². The van der Waals surface area contributed by atoms with Crippen LogP contribution in [0.1, 0.15) is 5.56 Å². The minimum Gasteiger partial charge on any atom is -0.482 e. The Morgan fingerprint density at radius 3 is 2.68 bits per heavy atom. The van der Waals surface area contributed by atoms with E-state index in [0.717, 1.165) is 13.1 Å². The summed E-state index contributed by atoms with van der Waals surface area (Å²) in [6.07, 6.45) is 0. The number of carbonyl (C=O) groups excluding carboxylic acids is 1. The van der Waals surface area contributed by atoms with Crippen molar-refractivity contribution >= 4 is 16.0 Å². The van der Waals surface area contributed by atoms with Crippen LogP contribution in [0, 0.1) is 6.92 Å². The summed E-state index contributed by atoms with van der Waals surface area (Å²) in [5.74, 6) is -0.0569. The van der Waals surface area contributed by atoms with Crippen LogP contribution in [0.4, 0.5) is 0 Å². The first kappa shape index (κ1) is 19.6. The van der Waals surface area contributed by atoms with Crippen molar-refractivity contribution in [3.63, 3.8) is 0 Å². The zero-order chi connectivity index (χ0) is 18.3. The first-order valence-electron chi connectivity index (χ1n) is 8.02. The van der Waals surface area contributed by atoms with Crippen molar-refractivity contribution in [3.05, 3.63) is 23.8 Å². The molecule has 0 saturated carbocycles. The lowest BCUT2D eigenvalue weighted by Gasteiger charge is -2.26. The van der Waals surface area contributed by atoms with E-state index in [1.807, 2.05) is 0 Å². The molecule has 1 heterocycles. The van der Waals surface area contributed by atoms with E-state index in [9.17, 15) is 13.2 Å². The van der Waals surface area contributed by atoms with Crippen LogP contribution in [-0.4, -0.2) is 72.4 Å². The molecule has 8 nitrogen and oxygen atoms in total. The fourth-order valence-electron chi connectivity index (χ4n) is 2.39. The molecule has 0 unspecified atom stereocenters. The average molecular weight is 372 g/mol. The van der Waals surface area contributed by atoms with Gasteiger partial charge in [0.05, 0.1) is 25.2 Å². The molecule has 1 saturated heterocycles. The number of hydrogen-bond acceptors (Lipinski definition) is 7. The van der Waals surface area contributed by atoms with Crippen LogP contribution in [0.25, 0.3) is 0 Å². The molecule has 0 aliphatic carbocycles. The minimum absolute atomic E-state index is 0.164. The summed E-state index contributed by atoms with van der Waals surface area (Å²) in [6.45, 7) is 5.46. The zero-order valence-corrected chi connectivity index (χ0v) is 15.3. The number of sulfonamides is 1. The van der Waals surface area contributed by atoms with Gasteiger partial charge >= 0.3 is 5.97 Å². The Morgan fingerprint density at radius 1 is 1.32 bits per heavy atom. The first-order chi connectivity index (χ1) is 11.9. The Kier molecular flexibility index (Phi) is 7.18. The summed E-state index contributed by atoms with van der Waals surface area (Å²) in [5.41, 5.74) is 0.625. The van der Waals surface area contributed by atoms with Gasteiger partial charge in [-0.05, 0) is 30.7 Å². The van der Waals surface area contributed by atoms with Gasteiger partial charge in [-0.3, -0.25) is 4.90 Å². The molecule has 0 amide bonds. The molecule has 9 heteroatoms. The zero-order valence-electron chi connectivity index (χ0n) is 14.5. The SMILES string of the molecule is COC(=O)COc1ccc(S(=O)(=O)NCCN2CCOCC2)cc1C. The Balaban J connectivity index is 1.91. The van der Waals surface area contributed by atoms with Crippen LogP contribution in [0.5, 0.6) is 5.75 Å². The van der Waals surface area contributed by atoms with Crippen LogP contribution in [0.2, 0.25) is 0 Å². The largest absolute Gasteiger partial charge is 0.482 e. The van der Waals surface area contributed by atoms with Crippen molar-refractivity contribution in [2.24, 2.45) is 0 Å². The lowest BCUT2D eigenvalue weighted by Crippen LogP contribution is -2.41. The molecule has 2 rings (SSSR count). The van der Waals surface area contributed by atoms with Crippen molar-refractivity contribution in [1.82, 2.24) is 9.62 Å². The highest BCUT2D eigenvalue weighted by Crippen LogP contribution is 2.21. The maximum absolute atomic E-state index is 12.4. The van der Waals surface area contributed by atoms with E-state index in [0.29, 0.717) is 37.6 Å². The number of rotatable bonds is 8. The molecular formula is C16H24N2O6S. The van der Waals surface area contributed by atoms with E-state index < -0.39 is 16.0 Å². The number of benzene rings is 1. The molecule has 1 aromatic carbocycles. The quantitative estimate of drug-likeness (QED) is 0.650. The molecule has 0 aromatic heterocycles. The fraction of sp³-hybridized carbons (Fsp3) is 0.562. The van der Waals surface area contributed by atoms with Crippen molar-refractivity contribution in [1.29, 1.82) is 0 Å². The fourth-order valence-corrected chi connectivity index (χ4v) is 3.50. The highest BCUT2D eigenvalue weighted by molar-refractivity contribution is 7.89. The average Bonchev–Trinajstić information content (AvgIpc) is 2.61. The number of hydrogen-bond donors (Lipinski definition) is 1. The van der Waals surface area contributed by atoms with Crippen molar-refractivity contribution in [2.75, 3.05) is 53.1 Å². The van der Waals surface area contributed by atoms with E-state index in [1.54, 1.807) is 6.92 Å². The first-order valence-corrected chi connectivity index (χ1v) is 9.51. The maximum atomic E-state index is 12.4. The topological polar surface area (TPSA) is 94.2 Å². The van der Waals surface area contributed by atoms with Crippen molar-refractivity contribution < 1.29 is 27.4 Å². The summed E-state index contributed by atoms with van der Waals surface area (Å²) in [7, 11) is -2.32. The molecule has 0 radical (unpaired) electrons. The molecule has 0 bridgehead atoms. The molecule has 1 fully saturated rings. The number of nitrogens with one attached hydrogen (secondary N) is 1. The van der Waals surface area contributed by atoms with E-state index >= 15 is 0 Å². The van der Waals surface area contributed by atoms with Gasteiger partial charge < -0.3 is 14.2 Å². The van der Waals surface area contributed by atoms with Crippen molar-refractivity contribution in [3.8, 4) is 5.75 Å². The van der Waals surface area contributed by atoms with Gasteiger partial charge in [-0.15, -0.1) is 0 Å². The number of morpholine rings is 1. The molecule has 25 heavy (non-hydrogen) atoms. The molecule has 140 valence electrons. The van der Waals surface area contributed by atoms with Gasteiger partial charge in [-0.1, -0.05) is 0 Å². The number of esters is 1. The normalized spacial score (nSPS) is 15.8. The highest BCUT2D eigenvalue weighted by Gasteiger charge is 2.17. The summed E-state index contributed by atoms with van der Waals surface area (Å²) in [4.78, 5) is 13.4. The third-order valence-corrected chi connectivity index (χ3v) is 5.31. The second-order valence-electron chi connectivity index (χ2n) is 5.64. The Bertz CT molecular complexity index is 686. The van der Waals surface area contributed by atoms with Gasteiger partial charge in [0.15, 0.2) is 6.61 Å². The second kappa shape index (κ2) is 9.14. The van der Waals surface area contributed by atoms with Gasteiger partial charge in [-0.25, -0.2) is 17.9 Å². The number of aryl methyl sites for hydroxylation is 1. The predicted molar refractivity (Wildman–Crippen MR) is 91.1 cm³/mol. The molecule has 1 N–H and O–H groups in total. The summed E-state index contributed by atoms with van der Waals surface area (Å²) in [5, 5.41) is 0. The second-order valence-corrected chi connectivity index (χ2v) is 7.41. The minimum atomic E-state index is -3.59. The standard InChI is InChI=1S/C16H24N2O6S/c1-13-11-14(3-4-15(13)24-12-16(19)22-2)25(20,21)17-5-6-18-7-9-23-10-8-18/h3-4,11,17H,5-10,12H2,1-2H3. The number of carbonyl (C=O) groups is 1. The van der Waals surface area contributed by atoms with E-state index in [4.69, 9.17) is 9.47 Å². The molecule has 0 spiro atoms. The third-order valence-electron chi connectivity index (χ3n) is 3.85. The molecule has 1 aromatic rings. The Labute approximate surface area is 148 Å². The molecular weight excluding hydrogens is 348 g/mol. The summed E-state index contributed by atoms with van der Waals surface area (Å²) < 4.78 is 42.4.